The van der Waals surface area contributed by atoms with Crippen molar-refractivity contribution in [3.8, 4) is 0 Å². The van der Waals surface area contributed by atoms with Crippen LogP contribution in [0.25, 0.3) is 0 Å². The Balaban J connectivity index is 3.50. The number of methoxy groups -OCH3 is 1. The number of rotatable bonds is 2. The molecule has 0 saturated heterocycles. The highest BCUT2D eigenvalue weighted by atomic mass is 16.5. The first-order chi connectivity index (χ1) is 4.31. The van der Waals surface area contributed by atoms with E-state index < -0.39 is 0 Å². The van der Waals surface area contributed by atoms with E-state index >= 15 is 0 Å². The second kappa shape index (κ2) is 5.00. The number of esters is 1. The number of aliphatic imine (C=N–C) groups is 2. The average molecular weight is 128 g/mol. The van der Waals surface area contributed by atoms with Gasteiger partial charge < -0.3 is 4.74 Å². The maximum absolute atomic E-state index is 10.3. The summed E-state index contributed by atoms with van der Waals surface area (Å²) in [5.74, 6) is -0.383. The van der Waals surface area contributed by atoms with Crippen molar-refractivity contribution in [3.63, 3.8) is 0 Å². The van der Waals surface area contributed by atoms with E-state index in [1.165, 1.54) is 14.2 Å². The van der Waals surface area contributed by atoms with Gasteiger partial charge in [-0.15, -0.1) is 0 Å². The molecule has 0 unspecified atom stereocenters. The smallest absolute Gasteiger partial charge is 0.328 e. The largest absolute Gasteiger partial charge is 0.468 e. The Morgan fingerprint density at radius 2 is 2.44 bits per heavy atom. The van der Waals surface area contributed by atoms with Crippen LogP contribution in [-0.2, 0) is 9.53 Å². The number of hydrogen-bond donors (Lipinski definition) is 0. The Morgan fingerprint density at radius 3 is 2.89 bits per heavy atom. The second-order valence-electron chi connectivity index (χ2n) is 1.22. The van der Waals surface area contributed by atoms with E-state index in [1.54, 1.807) is 0 Å². The molecule has 0 radical (unpaired) electrons. The molecule has 4 nitrogen and oxygen atoms in total. The molecule has 0 saturated carbocycles. The van der Waals surface area contributed by atoms with Crippen LogP contribution in [0.5, 0.6) is 0 Å². The molecule has 0 aromatic carbocycles. The monoisotopic (exact) mass is 128 g/mol. The third-order valence-corrected chi connectivity index (χ3v) is 0.607. The Morgan fingerprint density at radius 1 is 1.78 bits per heavy atom. The molecule has 0 aromatic rings. The van der Waals surface area contributed by atoms with Gasteiger partial charge in [0.15, 0.2) is 0 Å². The molecule has 50 valence electrons. The van der Waals surface area contributed by atoms with Gasteiger partial charge in [0.25, 0.3) is 0 Å². The van der Waals surface area contributed by atoms with Gasteiger partial charge in [0.05, 0.1) is 13.1 Å². The van der Waals surface area contributed by atoms with E-state index in [0.717, 1.165) is 0 Å². The average Bonchev–Trinajstić information content (AvgIpc) is 1.89. The minimum Gasteiger partial charge on any atom is -0.468 e. The SMILES string of the molecule is CN=C=NCC(=O)OC. The molecule has 4 heteroatoms. The van der Waals surface area contributed by atoms with E-state index in [-0.39, 0.29) is 12.5 Å². The van der Waals surface area contributed by atoms with Crippen molar-refractivity contribution in [3.05, 3.63) is 0 Å². The summed E-state index contributed by atoms with van der Waals surface area (Å²) < 4.78 is 4.28. The van der Waals surface area contributed by atoms with E-state index in [2.05, 4.69) is 20.7 Å². The third kappa shape index (κ3) is 4.71. The van der Waals surface area contributed by atoms with Gasteiger partial charge in [-0.1, -0.05) is 0 Å². The van der Waals surface area contributed by atoms with Gasteiger partial charge in [-0.05, 0) is 0 Å². The number of carbonyl (C=O) groups is 1. The quantitative estimate of drug-likeness (QED) is 0.387. The van der Waals surface area contributed by atoms with Crippen molar-refractivity contribution in [2.24, 2.45) is 9.98 Å². The number of ether oxygens (including phenoxy) is 1. The highest BCUT2D eigenvalue weighted by Crippen LogP contribution is 1.72. The molecule has 0 aliphatic carbocycles. The highest BCUT2D eigenvalue weighted by Gasteiger charge is 1.92. The Hall–Kier alpha value is -1.15. The fourth-order valence-electron chi connectivity index (χ4n) is 0.235. The van der Waals surface area contributed by atoms with Crippen LogP contribution in [0.15, 0.2) is 9.98 Å². The molecule has 0 spiro atoms. The summed E-state index contributed by atoms with van der Waals surface area (Å²) in [6.07, 6.45) is 0. The lowest BCUT2D eigenvalue weighted by Gasteiger charge is -1.88. The van der Waals surface area contributed by atoms with Gasteiger partial charge >= 0.3 is 5.97 Å². The molecular weight excluding hydrogens is 120 g/mol. The van der Waals surface area contributed by atoms with E-state index in [1.807, 2.05) is 0 Å². The lowest BCUT2D eigenvalue weighted by atomic mass is 10.7. The summed E-state index contributed by atoms with van der Waals surface area (Å²) in [4.78, 5) is 17.2. The first-order valence-electron chi connectivity index (χ1n) is 2.38. The molecule has 0 aliphatic rings. The molecule has 0 N–H and O–H groups in total. The Kier molecular flexibility index (Phi) is 4.36. The summed E-state index contributed by atoms with van der Waals surface area (Å²) in [7, 11) is 2.84. The molecule has 0 bridgehead atoms. The van der Waals surface area contributed by atoms with Gasteiger partial charge in [-0.25, -0.2) is 9.98 Å². The summed E-state index contributed by atoms with van der Waals surface area (Å²) in [5.41, 5.74) is 0. The molecule has 0 aromatic heterocycles. The van der Waals surface area contributed by atoms with Crippen molar-refractivity contribution in [1.82, 2.24) is 0 Å². The Bertz CT molecular complexity index is 147. The number of nitrogens with zero attached hydrogens (tertiary/aromatic N) is 2. The van der Waals surface area contributed by atoms with E-state index in [0.29, 0.717) is 0 Å². The Labute approximate surface area is 53.3 Å². The predicted octanol–water partition coefficient (Wildman–Crippen LogP) is -0.0369. The van der Waals surface area contributed by atoms with Gasteiger partial charge in [0, 0.05) is 7.05 Å². The van der Waals surface area contributed by atoms with Crippen LogP contribution >= 0.6 is 0 Å². The van der Waals surface area contributed by atoms with Crippen LogP contribution in [-0.4, -0.2) is 32.7 Å². The zero-order valence-electron chi connectivity index (χ0n) is 5.42. The van der Waals surface area contributed by atoms with Crippen LogP contribution in [0.3, 0.4) is 0 Å². The predicted molar refractivity (Wildman–Crippen MR) is 32.7 cm³/mol. The standard InChI is InChI=1S/C5H8N2O2/c1-6-4-7-3-5(8)9-2/h3H2,1-2H3. The van der Waals surface area contributed by atoms with E-state index in [9.17, 15) is 4.79 Å². The molecule has 0 fully saturated rings. The molecule has 0 amide bonds. The highest BCUT2D eigenvalue weighted by molar-refractivity contribution is 5.72. The summed E-state index contributed by atoms with van der Waals surface area (Å²) in [5, 5.41) is 0. The summed E-state index contributed by atoms with van der Waals surface area (Å²) in [6.45, 7) is -0.00611. The third-order valence-electron chi connectivity index (χ3n) is 0.607. The lowest BCUT2D eigenvalue weighted by molar-refractivity contribution is -0.138. The van der Waals surface area contributed by atoms with Crippen molar-refractivity contribution in [1.29, 1.82) is 0 Å². The summed E-state index contributed by atoms with van der Waals surface area (Å²) >= 11 is 0. The first kappa shape index (κ1) is 7.85. The lowest BCUT2D eigenvalue weighted by Crippen LogP contribution is -2.03. The molecule has 9 heavy (non-hydrogen) atoms. The number of hydrogen-bond acceptors (Lipinski definition) is 4. The van der Waals surface area contributed by atoms with Gasteiger partial charge in [0.2, 0.25) is 0 Å². The van der Waals surface area contributed by atoms with Crippen LogP contribution in [0.2, 0.25) is 0 Å². The topological polar surface area (TPSA) is 51.0 Å². The normalized spacial score (nSPS) is 7.33. The van der Waals surface area contributed by atoms with Crippen molar-refractivity contribution >= 4 is 12.0 Å². The van der Waals surface area contributed by atoms with Crippen LogP contribution in [0, 0.1) is 0 Å². The van der Waals surface area contributed by atoms with Crippen molar-refractivity contribution in [2.75, 3.05) is 20.7 Å². The minimum atomic E-state index is -0.383. The fourth-order valence-corrected chi connectivity index (χ4v) is 0.235. The van der Waals surface area contributed by atoms with Gasteiger partial charge in [-0.3, -0.25) is 4.79 Å². The molecule has 0 heterocycles. The maximum atomic E-state index is 10.3. The molecular formula is C5H8N2O2. The van der Waals surface area contributed by atoms with Gasteiger partial charge in [-0.2, -0.15) is 0 Å². The molecule has 0 aliphatic heterocycles. The second-order valence-corrected chi connectivity index (χ2v) is 1.22. The van der Waals surface area contributed by atoms with Gasteiger partial charge in [0.1, 0.15) is 6.54 Å². The first-order valence-corrected chi connectivity index (χ1v) is 2.38. The van der Waals surface area contributed by atoms with Crippen LogP contribution < -0.4 is 0 Å². The van der Waals surface area contributed by atoms with Crippen molar-refractivity contribution in [2.45, 2.75) is 0 Å². The zero-order valence-corrected chi connectivity index (χ0v) is 5.42. The molecule has 0 rings (SSSR count). The zero-order chi connectivity index (χ0) is 7.11. The molecule has 0 atom stereocenters. The fraction of sp³-hybridized carbons (Fsp3) is 0.600. The minimum absolute atomic E-state index is 0.00611. The maximum Gasteiger partial charge on any atom is 0.328 e. The van der Waals surface area contributed by atoms with Crippen molar-refractivity contribution < 1.29 is 9.53 Å². The van der Waals surface area contributed by atoms with Crippen LogP contribution in [0.4, 0.5) is 0 Å². The summed E-state index contributed by atoms with van der Waals surface area (Å²) in [6, 6.07) is 2.26. The number of carbonyl (C=O) groups excluding carboxylic acids is 1. The van der Waals surface area contributed by atoms with Crippen LogP contribution in [0.1, 0.15) is 0 Å². The van der Waals surface area contributed by atoms with E-state index in [4.69, 9.17) is 0 Å².